The Bertz CT molecular complexity index is 938. The normalized spacial score (nSPS) is 12.7. The van der Waals surface area contributed by atoms with Crippen LogP contribution in [-0.2, 0) is 12.8 Å². The number of aromatic nitrogens is 2. The molecule has 25 heavy (non-hydrogen) atoms. The van der Waals surface area contributed by atoms with Crippen molar-refractivity contribution in [1.29, 1.82) is 0 Å². The van der Waals surface area contributed by atoms with Crippen molar-refractivity contribution in [2.75, 3.05) is 0 Å². The summed E-state index contributed by atoms with van der Waals surface area (Å²) in [5.74, 6) is 4.81. The predicted octanol–water partition coefficient (Wildman–Crippen LogP) is 2.90. The highest BCUT2D eigenvalue weighted by molar-refractivity contribution is 5.92. The minimum Gasteiger partial charge on any atom is -0.289 e. The van der Waals surface area contributed by atoms with Gasteiger partial charge in [-0.05, 0) is 48.1 Å². The Morgan fingerprint density at radius 1 is 1.00 bits per heavy atom. The second-order valence-corrected chi connectivity index (χ2v) is 6.08. The first kappa shape index (κ1) is 15.5. The number of fused-ring (bicyclic) bond motifs is 1. The van der Waals surface area contributed by atoms with Crippen LogP contribution in [0.5, 0.6) is 0 Å². The largest absolute Gasteiger partial charge is 0.289 e. The van der Waals surface area contributed by atoms with Crippen LogP contribution in [-0.4, -0.2) is 15.9 Å². The first-order valence-electron chi connectivity index (χ1n) is 8.32. The maximum Gasteiger partial charge on any atom is 0.283 e. The molecule has 124 valence electrons. The van der Waals surface area contributed by atoms with Gasteiger partial charge < -0.3 is 0 Å². The highest BCUT2D eigenvalue weighted by Gasteiger charge is 2.22. The molecule has 1 aromatic carbocycles. The molecule has 1 amide bonds. The number of benzene rings is 1. The second-order valence-electron chi connectivity index (χ2n) is 6.08. The summed E-state index contributed by atoms with van der Waals surface area (Å²) in [6, 6.07) is 15.7. The molecule has 0 saturated carbocycles. The number of hydrogen-bond acceptors (Lipinski definition) is 4. The van der Waals surface area contributed by atoms with E-state index in [2.05, 4.69) is 22.5 Å². The molecule has 4 rings (SSSR count). The molecule has 3 aromatic rings. The number of carbonyl (C=O) groups is 1. The topological polar surface area (TPSA) is 80.9 Å². The van der Waals surface area contributed by atoms with Crippen LogP contribution in [0.1, 0.15) is 28.0 Å². The van der Waals surface area contributed by atoms with Gasteiger partial charge in [-0.1, -0.05) is 36.4 Å². The van der Waals surface area contributed by atoms with Crippen molar-refractivity contribution in [3.8, 4) is 22.5 Å². The van der Waals surface area contributed by atoms with Gasteiger partial charge in [0, 0.05) is 11.8 Å². The summed E-state index contributed by atoms with van der Waals surface area (Å²) in [5.41, 5.74) is 8.93. The van der Waals surface area contributed by atoms with Crippen LogP contribution in [0, 0.1) is 0 Å². The summed E-state index contributed by atoms with van der Waals surface area (Å²) in [7, 11) is 0. The molecule has 2 heterocycles. The van der Waals surface area contributed by atoms with E-state index in [1.165, 1.54) is 22.3 Å². The Morgan fingerprint density at radius 2 is 1.80 bits per heavy atom. The average Bonchev–Trinajstić information content (AvgIpc) is 3.17. The SMILES string of the molecule is NNC(=O)c1cccc(-c2ncc(-c3ccccc3)c3c2CCC3)n1. The number of nitrogens with one attached hydrogen (secondary N) is 1. The van der Waals surface area contributed by atoms with Gasteiger partial charge in [-0.2, -0.15) is 0 Å². The van der Waals surface area contributed by atoms with Gasteiger partial charge in [-0.15, -0.1) is 0 Å². The van der Waals surface area contributed by atoms with Crippen LogP contribution in [0.2, 0.25) is 0 Å². The van der Waals surface area contributed by atoms with Gasteiger partial charge in [0.25, 0.3) is 5.91 Å². The zero-order valence-corrected chi connectivity index (χ0v) is 13.7. The fourth-order valence-electron chi connectivity index (χ4n) is 3.44. The molecule has 1 aliphatic rings. The number of nitrogen functional groups attached to an aromatic ring is 1. The lowest BCUT2D eigenvalue weighted by atomic mass is 9.97. The number of hydrogen-bond donors (Lipinski definition) is 2. The van der Waals surface area contributed by atoms with Gasteiger partial charge in [0.1, 0.15) is 5.69 Å². The molecule has 0 atom stereocenters. The van der Waals surface area contributed by atoms with Gasteiger partial charge in [-0.25, -0.2) is 10.8 Å². The van der Waals surface area contributed by atoms with Crippen molar-refractivity contribution in [2.45, 2.75) is 19.3 Å². The van der Waals surface area contributed by atoms with Crippen molar-refractivity contribution < 1.29 is 4.79 Å². The van der Waals surface area contributed by atoms with Gasteiger partial charge in [0.05, 0.1) is 11.4 Å². The summed E-state index contributed by atoms with van der Waals surface area (Å²) in [4.78, 5) is 20.9. The number of hydrazine groups is 1. The minimum atomic E-state index is -0.403. The van der Waals surface area contributed by atoms with E-state index in [4.69, 9.17) is 10.8 Å². The lowest BCUT2D eigenvalue weighted by molar-refractivity contribution is 0.0949. The van der Waals surface area contributed by atoms with E-state index in [1.807, 2.05) is 30.5 Å². The summed E-state index contributed by atoms with van der Waals surface area (Å²) in [6.45, 7) is 0. The van der Waals surface area contributed by atoms with Gasteiger partial charge in [-0.3, -0.25) is 15.2 Å². The zero-order valence-electron chi connectivity index (χ0n) is 13.7. The molecule has 0 unspecified atom stereocenters. The van der Waals surface area contributed by atoms with Gasteiger partial charge in [0.15, 0.2) is 0 Å². The monoisotopic (exact) mass is 330 g/mol. The summed E-state index contributed by atoms with van der Waals surface area (Å²) in [6.07, 6.45) is 5.05. The van der Waals surface area contributed by atoms with Crippen LogP contribution in [0.15, 0.2) is 54.7 Å². The molecule has 0 aliphatic heterocycles. The van der Waals surface area contributed by atoms with E-state index in [0.29, 0.717) is 11.4 Å². The standard InChI is InChI=1S/C20H18N4O/c21-24-20(25)18-11-5-10-17(23-18)19-15-9-4-8-14(15)16(12-22-19)13-6-2-1-3-7-13/h1-3,5-7,10-12H,4,8-9,21H2,(H,24,25). The molecule has 2 aromatic heterocycles. The van der Waals surface area contributed by atoms with E-state index < -0.39 is 5.91 Å². The maximum atomic E-state index is 11.8. The van der Waals surface area contributed by atoms with E-state index in [0.717, 1.165) is 25.0 Å². The first-order valence-corrected chi connectivity index (χ1v) is 8.32. The van der Waals surface area contributed by atoms with Crippen LogP contribution < -0.4 is 11.3 Å². The maximum absolute atomic E-state index is 11.8. The molecule has 0 saturated heterocycles. The molecule has 0 spiro atoms. The van der Waals surface area contributed by atoms with Crippen molar-refractivity contribution in [3.63, 3.8) is 0 Å². The number of pyridine rings is 2. The van der Waals surface area contributed by atoms with Crippen molar-refractivity contribution >= 4 is 5.91 Å². The molecule has 1 aliphatic carbocycles. The third-order valence-corrected chi connectivity index (χ3v) is 4.59. The average molecular weight is 330 g/mol. The molecule has 5 heteroatoms. The van der Waals surface area contributed by atoms with E-state index in [9.17, 15) is 4.79 Å². The number of amides is 1. The van der Waals surface area contributed by atoms with E-state index >= 15 is 0 Å². The van der Waals surface area contributed by atoms with Crippen LogP contribution in [0.3, 0.4) is 0 Å². The van der Waals surface area contributed by atoms with Crippen LogP contribution in [0.25, 0.3) is 22.5 Å². The number of carbonyl (C=O) groups excluding carboxylic acids is 1. The predicted molar refractivity (Wildman–Crippen MR) is 96.6 cm³/mol. The van der Waals surface area contributed by atoms with E-state index in [1.54, 1.807) is 12.1 Å². The van der Waals surface area contributed by atoms with Crippen molar-refractivity contribution in [1.82, 2.24) is 15.4 Å². The summed E-state index contributed by atoms with van der Waals surface area (Å²) in [5, 5.41) is 0. The third-order valence-electron chi connectivity index (χ3n) is 4.59. The molecule has 0 fully saturated rings. The summed E-state index contributed by atoms with van der Waals surface area (Å²) < 4.78 is 0. The Morgan fingerprint density at radius 3 is 2.60 bits per heavy atom. The van der Waals surface area contributed by atoms with Gasteiger partial charge >= 0.3 is 0 Å². The molecule has 3 N–H and O–H groups in total. The Kier molecular flexibility index (Phi) is 3.99. The third kappa shape index (κ3) is 2.79. The lowest BCUT2D eigenvalue weighted by Crippen LogP contribution is -2.30. The molecular weight excluding hydrogens is 312 g/mol. The number of nitrogens with zero attached hydrogens (tertiary/aromatic N) is 2. The highest BCUT2D eigenvalue weighted by Crippen LogP contribution is 2.36. The lowest BCUT2D eigenvalue weighted by Gasteiger charge is -2.13. The second kappa shape index (κ2) is 6.45. The molecule has 0 radical (unpaired) electrons. The van der Waals surface area contributed by atoms with Crippen LogP contribution >= 0.6 is 0 Å². The smallest absolute Gasteiger partial charge is 0.283 e. The van der Waals surface area contributed by atoms with Crippen LogP contribution in [0.4, 0.5) is 0 Å². The minimum absolute atomic E-state index is 0.292. The van der Waals surface area contributed by atoms with Crippen molar-refractivity contribution in [2.24, 2.45) is 5.84 Å². The van der Waals surface area contributed by atoms with E-state index in [-0.39, 0.29) is 0 Å². The number of rotatable bonds is 3. The highest BCUT2D eigenvalue weighted by atomic mass is 16.2. The Labute approximate surface area is 145 Å². The first-order chi connectivity index (χ1) is 12.3. The molecule has 0 bridgehead atoms. The molecular formula is C20H18N4O. The van der Waals surface area contributed by atoms with Gasteiger partial charge in [0.2, 0.25) is 0 Å². The zero-order chi connectivity index (χ0) is 17.2. The quantitative estimate of drug-likeness (QED) is 0.439. The fourth-order valence-corrected chi connectivity index (χ4v) is 3.44. The van der Waals surface area contributed by atoms with Crippen molar-refractivity contribution in [3.05, 3.63) is 71.5 Å². The number of nitrogens with two attached hydrogens (primary N) is 1. The summed E-state index contributed by atoms with van der Waals surface area (Å²) >= 11 is 0. The molecule has 5 nitrogen and oxygen atoms in total. The Hall–Kier alpha value is -3.05. The fraction of sp³-hybridized carbons (Fsp3) is 0.150. The Balaban J connectivity index is 1.83.